The maximum Gasteiger partial charge on any atom is 0.415 e. The predicted molar refractivity (Wildman–Crippen MR) is 133 cm³/mol. The Kier molecular flexibility index (Phi) is 6.19. The second-order valence-electron chi connectivity index (χ2n) is 9.26. The van der Waals surface area contributed by atoms with Gasteiger partial charge in [0.1, 0.15) is 23.7 Å². The molecule has 2 aliphatic heterocycles. The third-order valence-electron chi connectivity index (χ3n) is 6.61. The van der Waals surface area contributed by atoms with Gasteiger partial charge in [-0.2, -0.15) is 0 Å². The Morgan fingerprint density at radius 1 is 1.17 bits per heavy atom. The van der Waals surface area contributed by atoms with Gasteiger partial charge in [0.05, 0.1) is 30.5 Å². The maximum atomic E-state index is 15.1. The Morgan fingerprint density at radius 3 is 2.74 bits per heavy atom. The van der Waals surface area contributed by atoms with Crippen LogP contribution in [0.15, 0.2) is 36.7 Å². The molecule has 184 valence electrons. The van der Waals surface area contributed by atoms with Crippen molar-refractivity contribution < 1.29 is 18.7 Å². The van der Waals surface area contributed by atoms with Crippen molar-refractivity contribution in [1.29, 1.82) is 0 Å². The van der Waals surface area contributed by atoms with Gasteiger partial charge in [0.2, 0.25) is 0 Å². The van der Waals surface area contributed by atoms with Gasteiger partial charge in [-0.3, -0.25) is 9.80 Å². The zero-order valence-corrected chi connectivity index (χ0v) is 20.3. The van der Waals surface area contributed by atoms with Gasteiger partial charge in [-0.05, 0) is 37.1 Å². The number of rotatable bonds is 8. The summed E-state index contributed by atoms with van der Waals surface area (Å²) >= 11 is 0. The molecule has 0 radical (unpaired) electrons. The monoisotopic (exact) mass is 479 g/mol. The lowest BCUT2D eigenvalue weighted by atomic mass is 9.93. The van der Waals surface area contributed by atoms with Crippen LogP contribution in [-0.2, 0) is 11.2 Å². The second-order valence-corrected chi connectivity index (χ2v) is 9.26. The lowest BCUT2D eigenvalue weighted by Gasteiger charge is -2.45. The third-order valence-corrected chi connectivity index (χ3v) is 6.61. The number of carbonyl (C=O) groups excluding carboxylic acids is 1. The van der Waals surface area contributed by atoms with Gasteiger partial charge in [-0.1, -0.05) is 32.4 Å². The number of ether oxygens (including phenoxy) is 2. The number of hydrogen-bond donors (Lipinski definition) is 1. The summed E-state index contributed by atoms with van der Waals surface area (Å²) in [4.78, 5) is 25.5. The van der Waals surface area contributed by atoms with Crippen molar-refractivity contribution >= 4 is 34.2 Å². The van der Waals surface area contributed by atoms with Gasteiger partial charge in [0.25, 0.3) is 0 Å². The molecule has 1 aromatic heterocycles. The summed E-state index contributed by atoms with van der Waals surface area (Å²) < 4.78 is 26.5. The summed E-state index contributed by atoms with van der Waals surface area (Å²) in [6.07, 6.45) is 3.59. The number of halogens is 1. The van der Waals surface area contributed by atoms with Gasteiger partial charge >= 0.3 is 6.09 Å². The normalized spacial score (nSPS) is 17.0. The summed E-state index contributed by atoms with van der Waals surface area (Å²) in [6, 6.07) is 8.89. The number of aromatic nitrogens is 2. The van der Waals surface area contributed by atoms with Crippen LogP contribution in [0, 0.1) is 5.82 Å². The first-order chi connectivity index (χ1) is 17.0. The van der Waals surface area contributed by atoms with Crippen LogP contribution in [0.25, 0.3) is 10.9 Å². The molecule has 9 heteroatoms. The van der Waals surface area contributed by atoms with Gasteiger partial charge in [-0.15, -0.1) is 0 Å². The van der Waals surface area contributed by atoms with E-state index in [1.807, 2.05) is 19.1 Å². The van der Waals surface area contributed by atoms with E-state index in [4.69, 9.17) is 9.47 Å². The van der Waals surface area contributed by atoms with Crippen LogP contribution < -0.4 is 15.0 Å². The van der Waals surface area contributed by atoms with Crippen molar-refractivity contribution in [3.05, 3.63) is 48.0 Å². The number of carbonyl (C=O) groups is 1. The Balaban J connectivity index is 1.49. The quantitative estimate of drug-likeness (QED) is 0.493. The van der Waals surface area contributed by atoms with Crippen molar-refractivity contribution in [2.24, 2.45) is 0 Å². The zero-order chi connectivity index (χ0) is 24.6. The van der Waals surface area contributed by atoms with E-state index in [1.54, 1.807) is 30.2 Å². The van der Waals surface area contributed by atoms with Crippen LogP contribution in [0.1, 0.15) is 32.3 Å². The van der Waals surface area contributed by atoms with Crippen LogP contribution >= 0.6 is 0 Å². The Labute approximate surface area is 204 Å². The lowest BCUT2D eigenvalue weighted by molar-refractivity contribution is -0.0720. The van der Waals surface area contributed by atoms with E-state index in [9.17, 15) is 4.79 Å². The number of aryl methyl sites for hydroxylation is 1. The lowest BCUT2D eigenvalue weighted by Crippen LogP contribution is -2.63. The smallest absolute Gasteiger partial charge is 0.415 e. The van der Waals surface area contributed by atoms with E-state index in [2.05, 4.69) is 27.1 Å². The molecule has 1 spiro atoms. The number of nitrogens with one attached hydrogen (secondary N) is 1. The average Bonchev–Trinajstić information content (AvgIpc) is 3.18. The largest absolute Gasteiger partial charge is 0.494 e. The molecule has 0 atom stereocenters. The van der Waals surface area contributed by atoms with Crippen LogP contribution in [-0.4, -0.2) is 59.9 Å². The Hall–Kier alpha value is -3.46. The predicted octanol–water partition coefficient (Wildman–Crippen LogP) is 4.89. The molecular formula is C26H30FN5O3. The molecule has 1 N–H and O–H groups in total. The molecule has 0 saturated carbocycles. The molecule has 0 bridgehead atoms. The molecule has 3 aromatic rings. The fourth-order valence-corrected chi connectivity index (χ4v) is 5.03. The first-order valence-electron chi connectivity index (χ1n) is 12.1. The van der Waals surface area contributed by atoms with Crippen LogP contribution in [0.5, 0.6) is 5.75 Å². The van der Waals surface area contributed by atoms with E-state index in [0.29, 0.717) is 52.4 Å². The van der Waals surface area contributed by atoms with E-state index in [1.165, 1.54) is 6.33 Å². The highest BCUT2D eigenvalue weighted by Crippen LogP contribution is 2.41. The molecule has 35 heavy (non-hydrogen) atoms. The first kappa shape index (κ1) is 23.3. The van der Waals surface area contributed by atoms with Crippen molar-refractivity contribution in [3.63, 3.8) is 0 Å². The SMILES string of the molecule is CCCc1cccc(Nc2ncnc3cc(OC)c(N4CC5(CN(CCC)C5)OC4=O)cc23)c1F. The summed E-state index contributed by atoms with van der Waals surface area (Å²) in [5, 5.41) is 3.78. The van der Waals surface area contributed by atoms with Crippen LogP contribution in [0.3, 0.4) is 0 Å². The summed E-state index contributed by atoms with van der Waals surface area (Å²) in [7, 11) is 1.56. The highest BCUT2D eigenvalue weighted by molar-refractivity contribution is 6.00. The van der Waals surface area contributed by atoms with Crippen LogP contribution in [0.2, 0.25) is 0 Å². The molecule has 2 aliphatic rings. The molecule has 0 unspecified atom stereocenters. The first-order valence-corrected chi connectivity index (χ1v) is 12.1. The zero-order valence-electron chi connectivity index (χ0n) is 20.3. The van der Waals surface area contributed by atoms with E-state index in [0.717, 1.165) is 32.5 Å². The molecule has 8 nitrogen and oxygen atoms in total. The highest BCUT2D eigenvalue weighted by atomic mass is 19.1. The molecule has 1 amide bonds. The number of methoxy groups -OCH3 is 1. The van der Waals surface area contributed by atoms with E-state index >= 15 is 4.39 Å². The summed E-state index contributed by atoms with van der Waals surface area (Å²) in [5.41, 5.74) is 1.70. The van der Waals surface area contributed by atoms with Gasteiger partial charge in [0.15, 0.2) is 5.60 Å². The molecule has 0 aliphatic carbocycles. The topological polar surface area (TPSA) is 79.8 Å². The fraction of sp³-hybridized carbons (Fsp3) is 0.423. The fourth-order valence-electron chi connectivity index (χ4n) is 5.03. The molecular weight excluding hydrogens is 449 g/mol. The third kappa shape index (κ3) is 4.25. The molecule has 3 heterocycles. The minimum absolute atomic E-state index is 0.290. The number of likely N-dealkylation sites (tertiary alicyclic amines) is 1. The minimum Gasteiger partial charge on any atom is -0.494 e. The van der Waals surface area contributed by atoms with Crippen LogP contribution in [0.4, 0.5) is 26.4 Å². The number of fused-ring (bicyclic) bond motifs is 1. The van der Waals surface area contributed by atoms with Crippen molar-refractivity contribution in [1.82, 2.24) is 14.9 Å². The molecule has 2 saturated heterocycles. The Bertz CT molecular complexity index is 1260. The molecule has 2 fully saturated rings. The number of amides is 1. The number of anilines is 3. The van der Waals surface area contributed by atoms with Crippen molar-refractivity contribution in [2.75, 3.05) is 43.5 Å². The van der Waals surface area contributed by atoms with Crippen molar-refractivity contribution in [2.45, 2.75) is 38.7 Å². The average molecular weight is 480 g/mol. The van der Waals surface area contributed by atoms with E-state index in [-0.39, 0.29) is 5.82 Å². The van der Waals surface area contributed by atoms with Gasteiger partial charge in [0, 0.05) is 24.5 Å². The standard InChI is InChI=1S/C26H30FN5O3/c1-4-7-17-8-6-9-19(23(17)27)30-24-18-11-21(22(34-3)12-20(18)28-16-29-24)32-15-26(35-25(32)33)13-31(14-26)10-5-2/h6,8-9,11-12,16H,4-5,7,10,13-15H2,1-3H3,(H,28,29,30). The minimum atomic E-state index is -0.497. The summed E-state index contributed by atoms with van der Waals surface area (Å²) in [6.45, 7) is 7.03. The molecule has 2 aromatic carbocycles. The molecule has 5 rings (SSSR count). The Morgan fingerprint density at radius 2 is 2.00 bits per heavy atom. The number of benzene rings is 2. The maximum absolute atomic E-state index is 15.1. The van der Waals surface area contributed by atoms with Crippen molar-refractivity contribution in [3.8, 4) is 5.75 Å². The highest BCUT2D eigenvalue weighted by Gasteiger charge is 2.54. The van der Waals surface area contributed by atoms with Gasteiger partial charge < -0.3 is 14.8 Å². The van der Waals surface area contributed by atoms with E-state index < -0.39 is 11.7 Å². The van der Waals surface area contributed by atoms with Gasteiger partial charge in [-0.25, -0.2) is 19.2 Å². The number of nitrogens with zero attached hydrogens (tertiary/aromatic N) is 4. The second kappa shape index (κ2) is 9.30. The summed E-state index contributed by atoms with van der Waals surface area (Å²) in [5.74, 6) is 0.671. The number of hydrogen-bond acceptors (Lipinski definition) is 7.